The van der Waals surface area contributed by atoms with Gasteiger partial charge in [0.05, 0.1) is 12.6 Å². The first-order chi connectivity index (χ1) is 18.4. The molecule has 0 spiro atoms. The molecule has 5 heteroatoms. The van der Waals surface area contributed by atoms with Gasteiger partial charge in [0.2, 0.25) is 0 Å². The van der Waals surface area contributed by atoms with Crippen LogP contribution in [0.3, 0.4) is 0 Å². The zero-order valence-electron chi connectivity index (χ0n) is 21.9. The molecule has 1 radical (unpaired) electrons. The summed E-state index contributed by atoms with van der Waals surface area (Å²) in [6.07, 6.45) is 3.18. The summed E-state index contributed by atoms with van der Waals surface area (Å²) in [6.45, 7) is 4.78. The van der Waals surface area contributed by atoms with E-state index in [1.165, 1.54) is 23.9 Å². The Morgan fingerprint density at radius 3 is 2.22 bits per heavy atom. The van der Waals surface area contributed by atoms with Crippen molar-refractivity contribution in [3.8, 4) is 39.7 Å². The normalized spacial score (nSPS) is 11.1. The van der Waals surface area contributed by atoms with E-state index in [4.69, 9.17) is 15.9 Å². The SMILES string of the molecule is [2H]C([2H])([2H])c1ccc(-c2[c-]c([N+]#[C-])cc(C#N)c2)nc1.[Ir].[c-]1ccccc1-c1ccc(-c2ccccc2)cn1. The Kier molecular flexibility index (Phi) is 7.90. The van der Waals surface area contributed by atoms with Crippen molar-refractivity contribution in [2.75, 3.05) is 0 Å². The van der Waals surface area contributed by atoms with E-state index in [1.807, 2.05) is 60.8 Å². The van der Waals surface area contributed by atoms with Crippen molar-refractivity contribution in [1.82, 2.24) is 9.97 Å². The molecule has 0 aliphatic carbocycles. The fourth-order valence-electron chi connectivity index (χ4n) is 3.28. The van der Waals surface area contributed by atoms with Gasteiger partial charge in [0, 0.05) is 36.6 Å². The first kappa shape index (κ1) is 22.1. The van der Waals surface area contributed by atoms with Crippen LogP contribution in [0.5, 0.6) is 0 Å². The minimum absolute atomic E-state index is 0. The van der Waals surface area contributed by atoms with Gasteiger partial charge in [0.25, 0.3) is 0 Å². The summed E-state index contributed by atoms with van der Waals surface area (Å²) in [6, 6.07) is 36.3. The Bertz CT molecular complexity index is 1500. The van der Waals surface area contributed by atoms with Crippen LogP contribution in [0.25, 0.3) is 38.5 Å². The van der Waals surface area contributed by atoms with Gasteiger partial charge in [-0.15, -0.1) is 59.7 Å². The summed E-state index contributed by atoms with van der Waals surface area (Å²) in [7, 11) is 0. The summed E-state index contributed by atoms with van der Waals surface area (Å²) in [5, 5.41) is 8.92. The van der Waals surface area contributed by atoms with E-state index in [1.54, 1.807) is 12.1 Å². The quantitative estimate of drug-likeness (QED) is 0.192. The van der Waals surface area contributed by atoms with E-state index in [2.05, 4.69) is 45.1 Å². The van der Waals surface area contributed by atoms with Gasteiger partial charge in [0.1, 0.15) is 5.69 Å². The van der Waals surface area contributed by atoms with Crippen LogP contribution in [0, 0.1) is 36.9 Å². The van der Waals surface area contributed by atoms with Crippen molar-refractivity contribution in [2.24, 2.45) is 0 Å². The van der Waals surface area contributed by atoms with Crippen molar-refractivity contribution in [1.29, 1.82) is 5.26 Å². The third-order valence-electron chi connectivity index (χ3n) is 5.00. The second-order valence-corrected chi connectivity index (χ2v) is 7.40. The third-order valence-corrected chi connectivity index (χ3v) is 5.00. The molecule has 0 N–H and O–H groups in total. The van der Waals surface area contributed by atoms with Crippen molar-refractivity contribution >= 4 is 5.69 Å². The van der Waals surface area contributed by atoms with Crippen LogP contribution in [-0.2, 0) is 20.1 Å². The zero-order valence-corrected chi connectivity index (χ0v) is 21.3. The van der Waals surface area contributed by atoms with E-state index in [-0.39, 0.29) is 31.4 Å². The molecule has 175 valence electrons. The van der Waals surface area contributed by atoms with Crippen LogP contribution >= 0.6 is 0 Å². The van der Waals surface area contributed by atoms with Gasteiger partial charge >= 0.3 is 0 Å². The smallest absolute Gasteiger partial charge is 0.107 e. The van der Waals surface area contributed by atoms with E-state index >= 15 is 0 Å². The molecule has 0 aliphatic rings. The van der Waals surface area contributed by atoms with Gasteiger partial charge in [-0.05, 0) is 40.5 Å². The number of hydrogen-bond acceptors (Lipinski definition) is 3. The molecule has 0 aliphatic heterocycles. The Morgan fingerprint density at radius 2 is 1.61 bits per heavy atom. The Hall–Kier alpha value is -4.41. The second kappa shape index (κ2) is 12.9. The van der Waals surface area contributed by atoms with Crippen molar-refractivity contribution in [2.45, 2.75) is 6.85 Å². The van der Waals surface area contributed by atoms with E-state index in [0.717, 1.165) is 16.8 Å². The minimum atomic E-state index is -2.20. The number of nitrogens with zero attached hydrogens (tertiary/aromatic N) is 4. The van der Waals surface area contributed by atoms with Crippen molar-refractivity contribution in [3.63, 3.8) is 0 Å². The molecule has 5 aromatic rings. The molecule has 36 heavy (non-hydrogen) atoms. The second-order valence-electron chi connectivity index (χ2n) is 7.40. The molecule has 0 bridgehead atoms. The standard InChI is InChI=1S/C17H12N.C14H8N3.Ir/c1-3-7-14(8-4-1)16-11-12-17(18-13-16)15-9-5-2-6-10-15;1-10-3-4-14(17-9-10)12-5-11(8-15)6-13(7-12)16-2;/h1-9,11-13H;3-6,9H,1H3;/q2*-1;/i;1D3;. The van der Waals surface area contributed by atoms with Gasteiger partial charge in [0.15, 0.2) is 0 Å². The van der Waals surface area contributed by atoms with Gasteiger partial charge in [-0.25, -0.2) is 0 Å². The average Bonchev–Trinajstić information content (AvgIpc) is 2.98. The van der Waals surface area contributed by atoms with Crippen LogP contribution in [0.4, 0.5) is 5.69 Å². The monoisotopic (exact) mass is 644 g/mol. The largest absolute Gasteiger partial charge is 0.305 e. The Morgan fingerprint density at radius 1 is 0.861 bits per heavy atom. The van der Waals surface area contributed by atoms with Crippen LogP contribution in [0.2, 0.25) is 0 Å². The molecule has 0 amide bonds. The number of nitriles is 1. The van der Waals surface area contributed by atoms with Gasteiger partial charge < -0.3 is 9.97 Å². The number of pyridine rings is 2. The van der Waals surface area contributed by atoms with Crippen molar-refractivity contribution < 1.29 is 24.2 Å². The average molecular weight is 644 g/mol. The zero-order chi connectivity index (χ0) is 27.0. The van der Waals surface area contributed by atoms with E-state index in [9.17, 15) is 0 Å². The third kappa shape index (κ3) is 6.81. The summed E-state index contributed by atoms with van der Waals surface area (Å²) in [4.78, 5) is 11.8. The van der Waals surface area contributed by atoms with E-state index < -0.39 is 6.85 Å². The molecule has 0 fully saturated rings. The molecule has 2 heterocycles. The van der Waals surface area contributed by atoms with Crippen LogP contribution in [0.1, 0.15) is 15.2 Å². The molecule has 0 saturated carbocycles. The molecule has 0 saturated heterocycles. The minimum Gasteiger partial charge on any atom is -0.305 e. The van der Waals surface area contributed by atoms with Gasteiger partial charge in [-0.1, -0.05) is 54.6 Å². The van der Waals surface area contributed by atoms with Crippen molar-refractivity contribution in [3.05, 3.63) is 138 Å². The number of benzene rings is 3. The number of aromatic nitrogens is 2. The summed E-state index contributed by atoms with van der Waals surface area (Å²) in [5.74, 6) is 0. The first-order valence-electron chi connectivity index (χ1n) is 12.2. The molecular weight excluding hydrogens is 621 g/mol. The van der Waals surface area contributed by atoms with Gasteiger partial charge in [-0.2, -0.15) is 5.26 Å². The van der Waals surface area contributed by atoms with Crippen LogP contribution in [0.15, 0.2) is 103 Å². The summed E-state index contributed by atoms with van der Waals surface area (Å²) >= 11 is 0. The first-order valence-corrected chi connectivity index (χ1v) is 10.7. The summed E-state index contributed by atoms with van der Waals surface area (Å²) < 4.78 is 21.8. The fraction of sp³-hybridized carbons (Fsp3) is 0.0323. The van der Waals surface area contributed by atoms with Gasteiger partial charge in [-0.3, -0.25) is 4.85 Å². The molecule has 4 nitrogen and oxygen atoms in total. The van der Waals surface area contributed by atoms with Crippen LogP contribution < -0.4 is 0 Å². The molecule has 0 unspecified atom stereocenters. The summed E-state index contributed by atoms with van der Waals surface area (Å²) in [5.41, 5.74) is 5.97. The Labute approximate surface area is 229 Å². The predicted molar refractivity (Wildman–Crippen MR) is 138 cm³/mol. The maximum atomic E-state index is 8.92. The maximum Gasteiger partial charge on any atom is 0.107 e. The number of aryl methyl sites for hydroxylation is 1. The molecular formula is C31H20IrN4-2. The van der Waals surface area contributed by atoms with E-state index in [0.29, 0.717) is 16.8 Å². The number of rotatable bonds is 3. The topological polar surface area (TPSA) is 53.9 Å². The molecule has 5 rings (SSSR count). The number of hydrogen-bond donors (Lipinski definition) is 0. The molecule has 0 atom stereocenters. The Balaban J connectivity index is 0.000000211. The predicted octanol–water partition coefficient (Wildman–Crippen LogP) is 7.49. The molecule has 3 aromatic carbocycles. The fourth-order valence-corrected chi connectivity index (χ4v) is 3.28. The molecule has 2 aromatic heterocycles. The maximum absolute atomic E-state index is 8.92. The van der Waals surface area contributed by atoms with Crippen LogP contribution in [-0.4, -0.2) is 9.97 Å².